The van der Waals surface area contributed by atoms with Crippen molar-refractivity contribution < 1.29 is 9.53 Å². The van der Waals surface area contributed by atoms with Gasteiger partial charge in [-0.15, -0.1) is 0 Å². The highest BCUT2D eigenvalue weighted by molar-refractivity contribution is 6.53. The number of amides is 1. The van der Waals surface area contributed by atoms with Gasteiger partial charge < -0.3 is 10.1 Å². The Hall–Kier alpha value is 0.01000. The molecule has 0 unspecified atom stereocenters. The smallest absolute Gasteiger partial charge is 0.253 e. The molecule has 1 aliphatic heterocycles. The molecular weight excluding hydrogens is 237 g/mol. The number of carbonyl (C=O) groups is 1. The number of alkyl halides is 2. The molecule has 88 valence electrons. The first-order chi connectivity index (χ1) is 7.20. The predicted octanol–water partition coefficient (Wildman–Crippen LogP) is 2.11. The Morgan fingerprint density at radius 1 is 1.40 bits per heavy atom. The zero-order valence-corrected chi connectivity index (χ0v) is 10.2. The molecule has 0 aromatic rings. The fourth-order valence-corrected chi connectivity index (χ4v) is 1.87. The summed E-state index contributed by atoms with van der Waals surface area (Å²) in [5.74, 6) is 0.448. The van der Waals surface area contributed by atoms with Crippen molar-refractivity contribution in [3.05, 3.63) is 0 Å². The van der Waals surface area contributed by atoms with Gasteiger partial charge in [0.2, 0.25) is 0 Å². The van der Waals surface area contributed by atoms with Crippen LogP contribution in [0.3, 0.4) is 0 Å². The van der Waals surface area contributed by atoms with Gasteiger partial charge in [0, 0.05) is 19.8 Å². The van der Waals surface area contributed by atoms with E-state index < -0.39 is 4.84 Å². The lowest BCUT2D eigenvalue weighted by Gasteiger charge is -2.21. The van der Waals surface area contributed by atoms with Crippen molar-refractivity contribution in [1.82, 2.24) is 5.32 Å². The predicted molar refractivity (Wildman–Crippen MR) is 61.3 cm³/mol. The molecule has 3 nitrogen and oxygen atoms in total. The van der Waals surface area contributed by atoms with Gasteiger partial charge in [0.05, 0.1) is 0 Å². The Balaban J connectivity index is 1.98. The molecule has 1 fully saturated rings. The standard InChI is InChI=1S/C10H17Cl2NO2/c11-9(12)10(14)13-5-1-2-8-3-6-15-7-4-8/h8-9H,1-7H2,(H,13,14). The lowest BCUT2D eigenvalue weighted by molar-refractivity contribution is -0.119. The third kappa shape index (κ3) is 5.59. The summed E-state index contributed by atoms with van der Waals surface area (Å²) in [6.07, 6.45) is 4.40. The van der Waals surface area contributed by atoms with Gasteiger partial charge in [0.25, 0.3) is 5.91 Å². The van der Waals surface area contributed by atoms with Crippen LogP contribution in [-0.2, 0) is 9.53 Å². The molecule has 1 aliphatic rings. The number of ether oxygens (including phenoxy) is 1. The summed E-state index contributed by atoms with van der Waals surface area (Å²) in [4.78, 5) is 10.0. The highest BCUT2D eigenvalue weighted by Gasteiger charge is 2.14. The Kier molecular flexibility index (Phi) is 6.37. The van der Waals surface area contributed by atoms with Crippen molar-refractivity contribution in [1.29, 1.82) is 0 Å². The Morgan fingerprint density at radius 2 is 2.07 bits per heavy atom. The van der Waals surface area contributed by atoms with E-state index in [-0.39, 0.29) is 5.91 Å². The summed E-state index contributed by atoms with van der Waals surface area (Å²) < 4.78 is 5.27. The minimum absolute atomic E-state index is 0.301. The van der Waals surface area contributed by atoms with Gasteiger partial charge in [-0.3, -0.25) is 4.79 Å². The van der Waals surface area contributed by atoms with Gasteiger partial charge >= 0.3 is 0 Å². The summed E-state index contributed by atoms with van der Waals surface area (Å²) in [6.45, 7) is 2.41. The van der Waals surface area contributed by atoms with E-state index >= 15 is 0 Å². The van der Waals surface area contributed by atoms with Crippen LogP contribution in [0.25, 0.3) is 0 Å². The first-order valence-electron chi connectivity index (χ1n) is 5.33. The van der Waals surface area contributed by atoms with Gasteiger partial charge in [0.1, 0.15) is 0 Å². The first-order valence-corrected chi connectivity index (χ1v) is 6.21. The fourth-order valence-electron chi connectivity index (χ4n) is 1.71. The summed E-state index contributed by atoms with van der Waals surface area (Å²) in [6, 6.07) is 0. The number of hydrogen-bond donors (Lipinski definition) is 1. The van der Waals surface area contributed by atoms with Crippen molar-refractivity contribution in [2.45, 2.75) is 30.5 Å². The molecule has 0 radical (unpaired) electrons. The highest BCUT2D eigenvalue weighted by atomic mass is 35.5. The SMILES string of the molecule is O=C(NCCCC1CCOCC1)C(Cl)Cl. The highest BCUT2D eigenvalue weighted by Crippen LogP contribution is 2.19. The normalized spacial score (nSPS) is 18.1. The van der Waals surface area contributed by atoms with Crippen LogP contribution in [0.2, 0.25) is 0 Å². The lowest BCUT2D eigenvalue weighted by Crippen LogP contribution is -2.29. The number of rotatable bonds is 5. The minimum Gasteiger partial charge on any atom is -0.381 e. The molecule has 0 atom stereocenters. The molecule has 0 aromatic heterocycles. The van der Waals surface area contributed by atoms with Gasteiger partial charge in [-0.1, -0.05) is 23.2 Å². The monoisotopic (exact) mass is 253 g/mol. The van der Waals surface area contributed by atoms with E-state index in [1.54, 1.807) is 0 Å². The first kappa shape index (κ1) is 13.1. The van der Waals surface area contributed by atoms with E-state index in [1.807, 2.05) is 0 Å². The third-order valence-electron chi connectivity index (χ3n) is 2.63. The molecule has 1 heterocycles. The van der Waals surface area contributed by atoms with Crippen LogP contribution in [0.15, 0.2) is 0 Å². The number of hydrogen-bond acceptors (Lipinski definition) is 2. The molecule has 0 bridgehead atoms. The Morgan fingerprint density at radius 3 is 2.67 bits per heavy atom. The molecule has 1 amide bonds. The molecule has 0 spiro atoms. The number of nitrogens with one attached hydrogen (secondary N) is 1. The average Bonchev–Trinajstić information content (AvgIpc) is 2.25. The van der Waals surface area contributed by atoms with Gasteiger partial charge in [0.15, 0.2) is 4.84 Å². The van der Waals surface area contributed by atoms with Crippen molar-refractivity contribution in [2.24, 2.45) is 5.92 Å². The van der Waals surface area contributed by atoms with E-state index in [2.05, 4.69) is 5.32 Å². The number of halogens is 2. The maximum absolute atomic E-state index is 11.0. The molecule has 1 N–H and O–H groups in total. The molecule has 0 aromatic carbocycles. The maximum Gasteiger partial charge on any atom is 0.253 e. The molecule has 1 saturated heterocycles. The molecule has 15 heavy (non-hydrogen) atoms. The fraction of sp³-hybridized carbons (Fsp3) is 0.900. The van der Waals surface area contributed by atoms with Gasteiger partial charge in [-0.25, -0.2) is 0 Å². The van der Waals surface area contributed by atoms with E-state index in [9.17, 15) is 4.79 Å². The topological polar surface area (TPSA) is 38.3 Å². The van der Waals surface area contributed by atoms with Crippen LogP contribution >= 0.6 is 23.2 Å². The maximum atomic E-state index is 11.0. The van der Waals surface area contributed by atoms with Crippen molar-refractivity contribution in [3.8, 4) is 0 Å². The molecule has 1 rings (SSSR count). The summed E-state index contributed by atoms with van der Waals surface area (Å²) >= 11 is 10.8. The molecule has 0 saturated carbocycles. The Labute approximate surface area is 100 Å². The van der Waals surface area contributed by atoms with Crippen LogP contribution in [0.5, 0.6) is 0 Å². The summed E-state index contributed by atoms with van der Waals surface area (Å²) in [5.41, 5.74) is 0. The van der Waals surface area contributed by atoms with E-state index in [0.717, 1.165) is 44.8 Å². The van der Waals surface area contributed by atoms with Crippen LogP contribution in [0, 0.1) is 5.92 Å². The second-order valence-electron chi connectivity index (χ2n) is 3.79. The largest absolute Gasteiger partial charge is 0.381 e. The Bertz CT molecular complexity index is 194. The third-order valence-corrected chi connectivity index (χ3v) is 3.02. The van der Waals surface area contributed by atoms with E-state index in [4.69, 9.17) is 27.9 Å². The quantitative estimate of drug-likeness (QED) is 0.602. The van der Waals surface area contributed by atoms with Crippen molar-refractivity contribution in [3.63, 3.8) is 0 Å². The molecular formula is C10H17Cl2NO2. The second-order valence-corrected chi connectivity index (χ2v) is 4.89. The van der Waals surface area contributed by atoms with Crippen molar-refractivity contribution >= 4 is 29.1 Å². The van der Waals surface area contributed by atoms with E-state index in [0.29, 0.717) is 6.54 Å². The molecule has 0 aliphatic carbocycles. The van der Waals surface area contributed by atoms with Crippen LogP contribution in [-0.4, -0.2) is 30.5 Å². The van der Waals surface area contributed by atoms with Gasteiger partial charge in [-0.2, -0.15) is 0 Å². The van der Waals surface area contributed by atoms with Crippen molar-refractivity contribution in [2.75, 3.05) is 19.8 Å². The van der Waals surface area contributed by atoms with Crippen LogP contribution < -0.4 is 5.32 Å². The summed E-state index contributed by atoms with van der Waals surface area (Å²) in [7, 11) is 0. The lowest BCUT2D eigenvalue weighted by atomic mass is 9.95. The minimum atomic E-state index is -0.951. The number of carbonyl (C=O) groups excluding carboxylic acids is 1. The average molecular weight is 254 g/mol. The zero-order valence-electron chi connectivity index (χ0n) is 8.68. The molecule has 5 heteroatoms. The van der Waals surface area contributed by atoms with Gasteiger partial charge in [-0.05, 0) is 31.6 Å². The zero-order chi connectivity index (χ0) is 11.1. The van der Waals surface area contributed by atoms with E-state index in [1.165, 1.54) is 0 Å². The summed E-state index contributed by atoms with van der Waals surface area (Å²) in [5, 5.41) is 2.69. The van der Waals surface area contributed by atoms with Crippen LogP contribution in [0.1, 0.15) is 25.7 Å². The van der Waals surface area contributed by atoms with Crippen LogP contribution in [0.4, 0.5) is 0 Å². The second kappa shape index (κ2) is 7.31.